The molecule has 1 fully saturated rings. The molecule has 0 aliphatic carbocycles. The Balaban J connectivity index is 1.80. The van der Waals surface area contributed by atoms with E-state index in [9.17, 15) is 14.4 Å². The summed E-state index contributed by atoms with van der Waals surface area (Å²) in [5, 5.41) is 9.04. The third-order valence-electron chi connectivity index (χ3n) is 5.29. The van der Waals surface area contributed by atoms with E-state index in [0.29, 0.717) is 36.2 Å². The van der Waals surface area contributed by atoms with Crippen molar-refractivity contribution in [3.63, 3.8) is 0 Å². The monoisotopic (exact) mass is 358 g/mol. The number of aliphatic hydroxyl groups excluding tert-OH is 1. The minimum Gasteiger partial charge on any atom is -0.396 e. The molecule has 0 saturated carbocycles. The molecule has 1 atom stereocenters. The number of hydrogen-bond donors (Lipinski definition) is 1. The van der Waals surface area contributed by atoms with Crippen LogP contribution in [0.2, 0.25) is 0 Å². The lowest BCUT2D eigenvalue weighted by molar-refractivity contribution is 0.0651. The number of unbranched alkanes of at least 4 members (excludes halogenated alkanes) is 1. The molecule has 0 bridgehead atoms. The summed E-state index contributed by atoms with van der Waals surface area (Å²) in [7, 11) is 0. The number of benzene rings is 1. The van der Waals surface area contributed by atoms with Crippen LogP contribution in [0.25, 0.3) is 0 Å². The number of aliphatic hydroxyl groups is 1. The maximum absolute atomic E-state index is 12.9. The average molecular weight is 358 g/mol. The molecular weight excluding hydrogens is 332 g/mol. The molecule has 2 heterocycles. The van der Waals surface area contributed by atoms with E-state index in [1.165, 1.54) is 4.90 Å². The number of rotatable bonds is 7. The number of nitrogens with zero attached hydrogens (tertiary/aromatic N) is 2. The summed E-state index contributed by atoms with van der Waals surface area (Å²) in [6.07, 6.45) is 5.04. The van der Waals surface area contributed by atoms with Gasteiger partial charge in [0.15, 0.2) is 0 Å². The highest BCUT2D eigenvalue weighted by Crippen LogP contribution is 2.27. The van der Waals surface area contributed by atoms with Crippen molar-refractivity contribution in [3.05, 3.63) is 34.9 Å². The lowest BCUT2D eigenvalue weighted by Crippen LogP contribution is -2.35. The molecule has 6 nitrogen and oxygen atoms in total. The maximum Gasteiger partial charge on any atom is 0.261 e. The van der Waals surface area contributed by atoms with Gasteiger partial charge in [0.05, 0.1) is 11.1 Å². The maximum atomic E-state index is 12.9. The van der Waals surface area contributed by atoms with Crippen LogP contribution in [0.3, 0.4) is 0 Å². The fourth-order valence-corrected chi connectivity index (χ4v) is 3.84. The Bertz CT molecular complexity index is 716. The van der Waals surface area contributed by atoms with Gasteiger partial charge in [-0.1, -0.05) is 13.3 Å². The molecule has 1 N–H and O–H groups in total. The first kappa shape index (κ1) is 18.6. The zero-order valence-corrected chi connectivity index (χ0v) is 15.2. The molecule has 0 spiro atoms. The SMILES string of the molecule is CCCCN1C(=O)c2ccc(C(=O)N3CCC[C@H]3CCCO)cc2C1=O. The number of carbonyl (C=O) groups excluding carboxylic acids is 3. The third-order valence-corrected chi connectivity index (χ3v) is 5.29. The summed E-state index contributed by atoms with van der Waals surface area (Å²) in [6, 6.07) is 4.97. The predicted molar refractivity (Wildman–Crippen MR) is 97.1 cm³/mol. The first-order valence-electron chi connectivity index (χ1n) is 9.50. The normalized spacial score (nSPS) is 19.4. The topological polar surface area (TPSA) is 77.9 Å². The van der Waals surface area contributed by atoms with Crippen LogP contribution in [0.15, 0.2) is 18.2 Å². The molecule has 6 heteroatoms. The predicted octanol–water partition coefficient (Wildman–Crippen LogP) is 2.46. The van der Waals surface area contributed by atoms with Gasteiger partial charge in [0.2, 0.25) is 0 Å². The molecule has 3 rings (SSSR count). The van der Waals surface area contributed by atoms with Gasteiger partial charge in [-0.15, -0.1) is 0 Å². The first-order chi connectivity index (χ1) is 12.6. The largest absolute Gasteiger partial charge is 0.396 e. The van der Waals surface area contributed by atoms with Crippen molar-refractivity contribution in [3.8, 4) is 0 Å². The van der Waals surface area contributed by atoms with Crippen LogP contribution in [0.4, 0.5) is 0 Å². The van der Waals surface area contributed by atoms with Crippen LogP contribution in [-0.2, 0) is 0 Å². The van der Waals surface area contributed by atoms with Gasteiger partial charge in [0.25, 0.3) is 17.7 Å². The van der Waals surface area contributed by atoms with E-state index in [1.54, 1.807) is 18.2 Å². The highest BCUT2D eigenvalue weighted by Gasteiger charge is 2.36. The number of likely N-dealkylation sites (tertiary alicyclic amines) is 1. The number of fused-ring (bicyclic) bond motifs is 1. The average Bonchev–Trinajstić information content (AvgIpc) is 3.21. The Morgan fingerprint density at radius 2 is 1.96 bits per heavy atom. The molecule has 2 aliphatic rings. The summed E-state index contributed by atoms with van der Waals surface area (Å²) < 4.78 is 0. The van der Waals surface area contributed by atoms with E-state index in [-0.39, 0.29) is 30.4 Å². The van der Waals surface area contributed by atoms with E-state index in [4.69, 9.17) is 5.11 Å². The van der Waals surface area contributed by atoms with E-state index in [0.717, 1.165) is 32.1 Å². The minimum absolute atomic E-state index is 0.0968. The van der Waals surface area contributed by atoms with Gasteiger partial charge in [0, 0.05) is 31.3 Å². The van der Waals surface area contributed by atoms with Gasteiger partial charge in [0.1, 0.15) is 0 Å². The van der Waals surface area contributed by atoms with Crippen molar-refractivity contribution >= 4 is 17.7 Å². The van der Waals surface area contributed by atoms with Crippen LogP contribution in [0.5, 0.6) is 0 Å². The van der Waals surface area contributed by atoms with Gasteiger partial charge in [-0.25, -0.2) is 0 Å². The van der Waals surface area contributed by atoms with Gasteiger partial charge in [-0.3, -0.25) is 19.3 Å². The lowest BCUT2D eigenvalue weighted by atomic mass is 10.0. The van der Waals surface area contributed by atoms with Crippen LogP contribution < -0.4 is 0 Å². The molecule has 3 amide bonds. The van der Waals surface area contributed by atoms with Crippen LogP contribution in [0, 0.1) is 0 Å². The first-order valence-corrected chi connectivity index (χ1v) is 9.50. The van der Waals surface area contributed by atoms with Crippen molar-refractivity contribution in [2.45, 2.75) is 51.5 Å². The van der Waals surface area contributed by atoms with Crippen molar-refractivity contribution in [2.24, 2.45) is 0 Å². The summed E-state index contributed by atoms with van der Waals surface area (Å²) >= 11 is 0. The van der Waals surface area contributed by atoms with E-state index < -0.39 is 0 Å². The van der Waals surface area contributed by atoms with Crippen LogP contribution in [0.1, 0.15) is 76.5 Å². The second-order valence-electron chi connectivity index (χ2n) is 7.04. The van der Waals surface area contributed by atoms with Gasteiger partial charge in [-0.05, 0) is 50.3 Å². The summed E-state index contributed by atoms with van der Waals surface area (Å²) in [5.74, 6) is -0.661. The highest BCUT2D eigenvalue weighted by atomic mass is 16.3. The zero-order chi connectivity index (χ0) is 18.7. The standard InChI is InChI=1S/C20H26N2O4/c1-2-3-10-22-19(25)16-9-8-14(13-17(16)20(22)26)18(24)21-11-4-6-15(21)7-5-12-23/h8-9,13,15,23H,2-7,10-12H2,1H3/t15-/m0/s1. The summed E-state index contributed by atoms with van der Waals surface area (Å²) in [4.78, 5) is 41.0. The fraction of sp³-hybridized carbons (Fsp3) is 0.550. The molecule has 1 aromatic rings. The van der Waals surface area contributed by atoms with Crippen LogP contribution in [-0.4, -0.2) is 58.4 Å². The van der Waals surface area contributed by atoms with E-state index in [2.05, 4.69) is 0 Å². The highest BCUT2D eigenvalue weighted by molar-refractivity contribution is 6.22. The Morgan fingerprint density at radius 3 is 2.69 bits per heavy atom. The van der Waals surface area contributed by atoms with Gasteiger partial charge < -0.3 is 10.0 Å². The summed E-state index contributed by atoms with van der Waals surface area (Å²) in [6.45, 7) is 3.25. The molecule has 0 aromatic heterocycles. The van der Waals surface area contributed by atoms with E-state index in [1.807, 2.05) is 11.8 Å². The number of imide groups is 1. The number of amides is 3. The van der Waals surface area contributed by atoms with Crippen molar-refractivity contribution in [1.82, 2.24) is 9.80 Å². The molecule has 0 radical (unpaired) electrons. The second-order valence-corrected chi connectivity index (χ2v) is 7.04. The lowest BCUT2D eigenvalue weighted by Gasteiger charge is -2.24. The molecule has 1 saturated heterocycles. The second kappa shape index (κ2) is 7.99. The molecule has 1 aromatic carbocycles. The summed E-state index contributed by atoms with van der Waals surface area (Å²) in [5.41, 5.74) is 1.18. The molecule has 140 valence electrons. The molecule has 0 unspecified atom stereocenters. The Hall–Kier alpha value is -2.21. The molecule has 26 heavy (non-hydrogen) atoms. The quantitative estimate of drug-likeness (QED) is 0.760. The van der Waals surface area contributed by atoms with Crippen LogP contribution >= 0.6 is 0 Å². The number of carbonyl (C=O) groups is 3. The molecule has 2 aliphatic heterocycles. The van der Waals surface area contributed by atoms with Crippen molar-refractivity contribution in [1.29, 1.82) is 0 Å². The Labute approximate surface area is 153 Å². The zero-order valence-electron chi connectivity index (χ0n) is 15.2. The van der Waals surface area contributed by atoms with Crippen molar-refractivity contribution in [2.75, 3.05) is 19.7 Å². The van der Waals surface area contributed by atoms with Crippen molar-refractivity contribution < 1.29 is 19.5 Å². The van der Waals surface area contributed by atoms with E-state index >= 15 is 0 Å². The fourth-order valence-electron chi connectivity index (χ4n) is 3.84. The third kappa shape index (κ3) is 3.38. The number of hydrogen-bond acceptors (Lipinski definition) is 4. The Morgan fingerprint density at radius 1 is 1.19 bits per heavy atom. The van der Waals surface area contributed by atoms with Gasteiger partial charge in [-0.2, -0.15) is 0 Å². The smallest absolute Gasteiger partial charge is 0.261 e. The van der Waals surface area contributed by atoms with Gasteiger partial charge >= 0.3 is 0 Å². The Kier molecular flexibility index (Phi) is 5.71. The minimum atomic E-state index is -0.300. The molecular formula is C20H26N2O4.